The zero-order valence-electron chi connectivity index (χ0n) is 14.9. The Labute approximate surface area is 172 Å². The second kappa shape index (κ2) is 8.76. The summed E-state index contributed by atoms with van der Waals surface area (Å²) in [4.78, 5) is 24.2. The highest BCUT2D eigenvalue weighted by atomic mass is 35.5. The van der Waals surface area contributed by atoms with Crippen LogP contribution in [0.5, 0.6) is 0 Å². The second-order valence-corrected chi connectivity index (χ2v) is 8.04. The number of carbonyl (C=O) groups is 2. The first-order valence-electron chi connectivity index (χ1n) is 8.39. The third-order valence-corrected chi connectivity index (χ3v) is 5.42. The van der Waals surface area contributed by atoms with E-state index in [1.54, 1.807) is 48.5 Å². The summed E-state index contributed by atoms with van der Waals surface area (Å²) in [6.45, 7) is 0. The Bertz CT molecular complexity index is 1150. The van der Waals surface area contributed by atoms with Crippen molar-refractivity contribution in [3.05, 3.63) is 95.0 Å². The van der Waals surface area contributed by atoms with Crippen molar-refractivity contribution in [2.45, 2.75) is 4.90 Å². The summed E-state index contributed by atoms with van der Waals surface area (Å²) in [7, 11) is -3.94. The third-order valence-electron chi connectivity index (χ3n) is 3.81. The van der Waals surface area contributed by atoms with Gasteiger partial charge in [-0.2, -0.15) is 0 Å². The molecule has 2 amide bonds. The Morgan fingerprint density at radius 1 is 0.724 bits per heavy atom. The number of sulfonamides is 1. The van der Waals surface area contributed by atoms with Crippen LogP contribution in [0.3, 0.4) is 0 Å². The minimum Gasteiger partial charge on any atom is -0.280 e. The van der Waals surface area contributed by atoms with Gasteiger partial charge in [-0.05, 0) is 48.5 Å². The molecule has 0 radical (unpaired) electrons. The van der Waals surface area contributed by atoms with Gasteiger partial charge < -0.3 is 0 Å². The van der Waals surface area contributed by atoms with Crippen LogP contribution < -0.4 is 15.6 Å². The van der Waals surface area contributed by atoms with Gasteiger partial charge >= 0.3 is 0 Å². The molecule has 0 saturated heterocycles. The number of carbonyl (C=O) groups excluding carboxylic acids is 2. The quantitative estimate of drug-likeness (QED) is 0.541. The van der Waals surface area contributed by atoms with Crippen LogP contribution in [0.4, 0.5) is 5.69 Å². The van der Waals surface area contributed by atoms with Gasteiger partial charge in [0.05, 0.1) is 10.6 Å². The van der Waals surface area contributed by atoms with E-state index in [9.17, 15) is 18.0 Å². The topological polar surface area (TPSA) is 104 Å². The molecule has 0 bridgehead atoms. The van der Waals surface area contributed by atoms with Gasteiger partial charge in [-0.25, -0.2) is 8.42 Å². The molecule has 9 heteroatoms. The second-order valence-electron chi connectivity index (χ2n) is 5.92. The molecule has 3 rings (SSSR count). The van der Waals surface area contributed by atoms with Crippen molar-refractivity contribution in [2.24, 2.45) is 0 Å². The molecule has 0 saturated carbocycles. The van der Waals surface area contributed by atoms with Crippen molar-refractivity contribution in [3.63, 3.8) is 0 Å². The number of halogens is 1. The SMILES string of the molecule is O=C(NNC(=O)c1cccc(S(=O)(=O)Nc2cccc(Cl)c2)c1)c1ccccc1. The lowest BCUT2D eigenvalue weighted by Gasteiger charge is -2.10. The van der Waals surface area contributed by atoms with Crippen molar-refractivity contribution in [3.8, 4) is 0 Å². The van der Waals surface area contributed by atoms with E-state index in [0.29, 0.717) is 16.3 Å². The highest BCUT2D eigenvalue weighted by Gasteiger charge is 2.17. The number of amides is 2. The Balaban J connectivity index is 1.71. The van der Waals surface area contributed by atoms with Crippen LogP contribution >= 0.6 is 11.6 Å². The van der Waals surface area contributed by atoms with Crippen LogP contribution in [-0.2, 0) is 10.0 Å². The predicted molar refractivity (Wildman–Crippen MR) is 110 cm³/mol. The number of anilines is 1. The molecule has 0 aliphatic carbocycles. The summed E-state index contributed by atoms with van der Waals surface area (Å²) in [5.41, 5.74) is 5.27. The Kier molecular flexibility index (Phi) is 6.16. The van der Waals surface area contributed by atoms with E-state index < -0.39 is 21.8 Å². The molecular weight excluding hydrogens is 414 g/mol. The van der Waals surface area contributed by atoms with Gasteiger partial charge in [-0.15, -0.1) is 0 Å². The number of rotatable bonds is 5. The average molecular weight is 430 g/mol. The van der Waals surface area contributed by atoms with E-state index in [4.69, 9.17) is 11.6 Å². The molecule has 0 spiro atoms. The van der Waals surface area contributed by atoms with Gasteiger partial charge in [0.1, 0.15) is 0 Å². The van der Waals surface area contributed by atoms with E-state index in [1.165, 1.54) is 30.3 Å². The molecule has 0 aliphatic heterocycles. The molecule has 3 N–H and O–H groups in total. The standard InChI is InChI=1S/C20H16ClN3O4S/c21-16-9-5-10-17(13-16)24-29(27,28)18-11-4-8-15(12-18)20(26)23-22-19(25)14-6-2-1-3-7-14/h1-13,24H,(H,22,25)(H,23,26). The van der Waals surface area contributed by atoms with Crippen molar-refractivity contribution in [1.29, 1.82) is 0 Å². The molecule has 0 fully saturated rings. The summed E-state index contributed by atoms with van der Waals surface area (Å²) in [6.07, 6.45) is 0. The third kappa shape index (κ3) is 5.34. The van der Waals surface area contributed by atoms with E-state index in [2.05, 4.69) is 15.6 Å². The fourth-order valence-corrected chi connectivity index (χ4v) is 3.70. The Morgan fingerprint density at radius 2 is 1.34 bits per heavy atom. The average Bonchev–Trinajstić information content (AvgIpc) is 2.72. The van der Waals surface area contributed by atoms with Crippen molar-refractivity contribution in [1.82, 2.24) is 10.9 Å². The van der Waals surface area contributed by atoms with E-state index in [1.807, 2.05) is 0 Å². The van der Waals surface area contributed by atoms with Crippen LogP contribution in [0, 0.1) is 0 Å². The molecule has 7 nitrogen and oxygen atoms in total. The summed E-state index contributed by atoms with van der Waals surface area (Å²) >= 11 is 5.87. The van der Waals surface area contributed by atoms with Crippen molar-refractivity contribution in [2.75, 3.05) is 4.72 Å². The first kappa shape index (κ1) is 20.4. The zero-order chi connectivity index (χ0) is 20.9. The van der Waals surface area contributed by atoms with Crippen LogP contribution in [0.2, 0.25) is 5.02 Å². The van der Waals surface area contributed by atoms with Crippen LogP contribution in [0.15, 0.2) is 83.8 Å². The van der Waals surface area contributed by atoms with Gasteiger partial charge in [0, 0.05) is 16.1 Å². The fourth-order valence-electron chi connectivity index (χ4n) is 2.42. The molecule has 29 heavy (non-hydrogen) atoms. The Hall–Kier alpha value is -3.36. The van der Waals surface area contributed by atoms with Gasteiger partial charge in [-0.3, -0.25) is 25.2 Å². The summed E-state index contributed by atoms with van der Waals surface area (Å²) in [6, 6.07) is 20.0. The summed E-state index contributed by atoms with van der Waals surface area (Å²) in [5.74, 6) is -1.15. The molecule has 0 atom stereocenters. The maximum atomic E-state index is 12.6. The van der Waals surface area contributed by atoms with Crippen LogP contribution in [0.1, 0.15) is 20.7 Å². The van der Waals surface area contributed by atoms with Crippen LogP contribution in [0.25, 0.3) is 0 Å². The van der Waals surface area contributed by atoms with Crippen LogP contribution in [-0.4, -0.2) is 20.2 Å². The molecule has 3 aromatic carbocycles. The molecule has 0 aliphatic rings. The number of hydrogen-bond acceptors (Lipinski definition) is 4. The number of benzene rings is 3. The van der Waals surface area contributed by atoms with Crippen molar-refractivity contribution < 1.29 is 18.0 Å². The lowest BCUT2D eigenvalue weighted by molar-refractivity contribution is 0.0846. The predicted octanol–water partition coefficient (Wildman–Crippen LogP) is 3.22. The van der Waals surface area contributed by atoms with Gasteiger partial charge in [0.25, 0.3) is 21.8 Å². The minimum absolute atomic E-state index is 0.0623. The first-order valence-corrected chi connectivity index (χ1v) is 10.3. The largest absolute Gasteiger partial charge is 0.280 e. The molecule has 148 valence electrons. The maximum absolute atomic E-state index is 12.6. The van der Waals surface area contributed by atoms with Crippen molar-refractivity contribution >= 4 is 39.1 Å². The van der Waals surface area contributed by atoms with E-state index >= 15 is 0 Å². The summed E-state index contributed by atoms with van der Waals surface area (Å²) < 4.78 is 27.6. The molecule has 3 aromatic rings. The highest BCUT2D eigenvalue weighted by molar-refractivity contribution is 7.92. The number of hydrazine groups is 1. The smallest absolute Gasteiger partial charge is 0.269 e. The molecule has 0 heterocycles. The lowest BCUT2D eigenvalue weighted by atomic mass is 10.2. The number of hydrogen-bond donors (Lipinski definition) is 3. The van der Waals surface area contributed by atoms with E-state index in [-0.39, 0.29) is 10.5 Å². The zero-order valence-corrected chi connectivity index (χ0v) is 16.5. The lowest BCUT2D eigenvalue weighted by Crippen LogP contribution is -2.41. The van der Waals surface area contributed by atoms with Gasteiger partial charge in [0.2, 0.25) is 0 Å². The number of nitrogens with one attached hydrogen (secondary N) is 3. The molecule has 0 aromatic heterocycles. The monoisotopic (exact) mass is 429 g/mol. The minimum atomic E-state index is -3.94. The highest BCUT2D eigenvalue weighted by Crippen LogP contribution is 2.20. The summed E-state index contributed by atoms with van der Waals surface area (Å²) in [5, 5.41) is 0.382. The Morgan fingerprint density at radius 3 is 2.03 bits per heavy atom. The molecule has 0 unspecified atom stereocenters. The van der Waals surface area contributed by atoms with Gasteiger partial charge in [0.15, 0.2) is 0 Å². The first-order chi connectivity index (χ1) is 13.8. The fraction of sp³-hybridized carbons (Fsp3) is 0. The van der Waals surface area contributed by atoms with E-state index in [0.717, 1.165) is 0 Å². The normalized spacial score (nSPS) is 10.8. The maximum Gasteiger partial charge on any atom is 0.269 e. The van der Waals surface area contributed by atoms with Gasteiger partial charge in [-0.1, -0.05) is 41.9 Å². The molecular formula is C20H16ClN3O4S.